The molecule has 3 nitrogen and oxygen atoms in total. The van der Waals surface area contributed by atoms with Crippen molar-refractivity contribution in [3.63, 3.8) is 0 Å². The van der Waals surface area contributed by atoms with Crippen LogP contribution in [0.2, 0.25) is 5.02 Å². The molecule has 0 radical (unpaired) electrons. The van der Waals surface area contributed by atoms with Crippen LogP contribution in [0.25, 0.3) is 0 Å². The monoisotopic (exact) mass is 294 g/mol. The molecule has 1 aromatic carbocycles. The van der Waals surface area contributed by atoms with Crippen LogP contribution in [0.1, 0.15) is 12.8 Å². The Kier molecular flexibility index (Phi) is 4.81. The van der Waals surface area contributed by atoms with Crippen LogP contribution in [0.4, 0.5) is 5.69 Å². The van der Waals surface area contributed by atoms with Crippen molar-refractivity contribution >= 4 is 17.3 Å². The van der Waals surface area contributed by atoms with Gasteiger partial charge in [-0.2, -0.15) is 0 Å². The van der Waals surface area contributed by atoms with E-state index in [1.807, 2.05) is 12.1 Å². The van der Waals surface area contributed by atoms with E-state index < -0.39 is 0 Å². The summed E-state index contributed by atoms with van der Waals surface area (Å²) in [7, 11) is 0. The van der Waals surface area contributed by atoms with E-state index in [1.54, 1.807) is 0 Å². The molecule has 0 bridgehead atoms. The molecule has 2 saturated heterocycles. The molecule has 0 saturated carbocycles. The molecule has 3 rings (SSSR count). The summed E-state index contributed by atoms with van der Waals surface area (Å²) >= 11 is 6.28. The summed E-state index contributed by atoms with van der Waals surface area (Å²) < 4.78 is 5.58. The number of hydrogen-bond donors (Lipinski definition) is 0. The van der Waals surface area contributed by atoms with Gasteiger partial charge in [0.15, 0.2) is 0 Å². The van der Waals surface area contributed by atoms with Gasteiger partial charge in [-0.25, -0.2) is 0 Å². The van der Waals surface area contributed by atoms with Gasteiger partial charge in [0.25, 0.3) is 0 Å². The summed E-state index contributed by atoms with van der Waals surface area (Å²) in [6.07, 6.45) is 2.55. The lowest BCUT2D eigenvalue weighted by Gasteiger charge is -2.38. The van der Waals surface area contributed by atoms with Crippen LogP contribution in [0, 0.1) is 5.92 Å². The predicted octanol–water partition coefficient (Wildman–Crippen LogP) is 2.89. The molecule has 1 aromatic rings. The quantitative estimate of drug-likeness (QED) is 0.852. The van der Waals surface area contributed by atoms with Gasteiger partial charge in [0.2, 0.25) is 0 Å². The van der Waals surface area contributed by atoms with Crippen molar-refractivity contribution in [2.45, 2.75) is 12.8 Å². The third-order valence-electron chi connectivity index (χ3n) is 4.34. The number of rotatable bonds is 3. The largest absolute Gasteiger partial charge is 0.381 e. The van der Waals surface area contributed by atoms with Gasteiger partial charge in [-0.15, -0.1) is 0 Å². The second kappa shape index (κ2) is 6.79. The maximum atomic E-state index is 6.28. The smallest absolute Gasteiger partial charge is 0.0639 e. The molecule has 0 aliphatic carbocycles. The van der Waals surface area contributed by atoms with Gasteiger partial charge in [-0.3, -0.25) is 4.90 Å². The molecule has 0 amide bonds. The molecule has 4 heteroatoms. The Labute approximate surface area is 126 Å². The summed E-state index contributed by atoms with van der Waals surface area (Å²) in [6.45, 7) is 7.48. The number of para-hydroxylation sites is 1. The Hall–Kier alpha value is -0.770. The molecule has 2 fully saturated rings. The summed E-state index contributed by atoms with van der Waals surface area (Å²) in [5.74, 6) is 0.732. The fourth-order valence-electron chi connectivity index (χ4n) is 3.20. The third kappa shape index (κ3) is 3.46. The van der Waals surface area contributed by atoms with E-state index in [0.717, 1.165) is 50.3 Å². The fraction of sp³-hybridized carbons (Fsp3) is 0.625. The summed E-state index contributed by atoms with van der Waals surface area (Å²) in [5.41, 5.74) is 1.18. The van der Waals surface area contributed by atoms with Crippen molar-refractivity contribution in [2.24, 2.45) is 5.92 Å². The number of hydrogen-bond acceptors (Lipinski definition) is 3. The molecule has 110 valence electrons. The lowest BCUT2D eigenvalue weighted by molar-refractivity contribution is 0.0377. The van der Waals surface area contributed by atoms with E-state index in [9.17, 15) is 0 Å². The van der Waals surface area contributed by atoms with Crippen LogP contribution in [-0.2, 0) is 4.74 Å². The van der Waals surface area contributed by atoms with E-state index in [2.05, 4.69) is 21.9 Å². The first-order valence-electron chi connectivity index (χ1n) is 7.62. The average molecular weight is 295 g/mol. The number of ether oxygens (including phenoxy) is 1. The zero-order valence-electron chi connectivity index (χ0n) is 11.9. The summed E-state index contributed by atoms with van der Waals surface area (Å²) in [4.78, 5) is 4.98. The van der Waals surface area contributed by atoms with E-state index in [0.29, 0.717) is 0 Å². The molecular weight excluding hydrogens is 272 g/mol. The van der Waals surface area contributed by atoms with Crippen molar-refractivity contribution in [2.75, 3.05) is 50.8 Å². The SMILES string of the molecule is Clc1ccccc1N1CCN(C[C@@H]2CCCOC2)CC1. The minimum absolute atomic E-state index is 0.732. The molecule has 2 aliphatic heterocycles. The van der Waals surface area contributed by atoms with E-state index in [-0.39, 0.29) is 0 Å². The van der Waals surface area contributed by atoms with Crippen molar-refractivity contribution in [1.82, 2.24) is 4.90 Å². The molecule has 1 atom stereocenters. The highest BCUT2D eigenvalue weighted by Crippen LogP contribution is 2.26. The lowest BCUT2D eigenvalue weighted by atomic mass is 10.0. The minimum atomic E-state index is 0.732. The standard InChI is InChI=1S/C16H23ClN2O/c17-15-5-1-2-6-16(15)19-9-7-18(8-10-19)12-14-4-3-11-20-13-14/h1-2,5-6,14H,3-4,7-13H2/t14-/m0/s1. The van der Waals surface area contributed by atoms with Crippen LogP contribution in [0.5, 0.6) is 0 Å². The highest BCUT2D eigenvalue weighted by Gasteiger charge is 2.22. The fourth-order valence-corrected chi connectivity index (χ4v) is 3.45. The second-order valence-electron chi connectivity index (χ2n) is 5.82. The maximum absolute atomic E-state index is 6.28. The van der Waals surface area contributed by atoms with E-state index in [1.165, 1.54) is 25.1 Å². The number of piperazine rings is 1. The Morgan fingerprint density at radius 1 is 1.15 bits per heavy atom. The molecular formula is C16H23ClN2O. The van der Waals surface area contributed by atoms with Crippen molar-refractivity contribution in [1.29, 1.82) is 0 Å². The van der Waals surface area contributed by atoms with Crippen molar-refractivity contribution in [3.05, 3.63) is 29.3 Å². The average Bonchev–Trinajstić information content (AvgIpc) is 2.50. The van der Waals surface area contributed by atoms with Crippen LogP contribution >= 0.6 is 11.6 Å². The molecule has 20 heavy (non-hydrogen) atoms. The van der Waals surface area contributed by atoms with Gasteiger partial charge >= 0.3 is 0 Å². The normalized spacial score (nSPS) is 24.9. The number of halogens is 1. The number of anilines is 1. The van der Waals surface area contributed by atoms with E-state index >= 15 is 0 Å². The highest BCUT2D eigenvalue weighted by molar-refractivity contribution is 6.33. The van der Waals surface area contributed by atoms with E-state index in [4.69, 9.17) is 16.3 Å². The number of nitrogens with zero attached hydrogens (tertiary/aromatic N) is 2. The van der Waals surface area contributed by atoms with Crippen molar-refractivity contribution in [3.8, 4) is 0 Å². The van der Waals surface area contributed by atoms with Gasteiger partial charge in [-0.05, 0) is 30.9 Å². The molecule has 2 aliphatic rings. The highest BCUT2D eigenvalue weighted by atomic mass is 35.5. The molecule has 0 unspecified atom stereocenters. The van der Waals surface area contributed by atoms with Gasteiger partial charge in [0.1, 0.15) is 0 Å². The molecule has 0 N–H and O–H groups in total. The van der Waals surface area contributed by atoms with Crippen LogP contribution < -0.4 is 4.90 Å². The topological polar surface area (TPSA) is 15.7 Å². The van der Waals surface area contributed by atoms with Gasteiger partial charge in [-0.1, -0.05) is 23.7 Å². The zero-order chi connectivity index (χ0) is 13.8. The Morgan fingerprint density at radius 2 is 1.95 bits per heavy atom. The van der Waals surface area contributed by atoms with Gasteiger partial charge < -0.3 is 9.64 Å². The summed E-state index contributed by atoms with van der Waals surface area (Å²) in [6, 6.07) is 8.15. The van der Waals surface area contributed by atoms with Crippen LogP contribution in [0.3, 0.4) is 0 Å². The first-order valence-corrected chi connectivity index (χ1v) is 8.00. The lowest BCUT2D eigenvalue weighted by Crippen LogP contribution is -2.48. The van der Waals surface area contributed by atoms with Gasteiger partial charge in [0, 0.05) is 39.3 Å². The Morgan fingerprint density at radius 3 is 2.65 bits per heavy atom. The predicted molar refractivity (Wildman–Crippen MR) is 83.6 cm³/mol. The summed E-state index contributed by atoms with van der Waals surface area (Å²) in [5, 5.41) is 0.863. The molecule has 0 spiro atoms. The molecule has 2 heterocycles. The maximum Gasteiger partial charge on any atom is 0.0639 e. The first-order chi connectivity index (χ1) is 9.83. The molecule has 0 aromatic heterocycles. The second-order valence-corrected chi connectivity index (χ2v) is 6.23. The Balaban J connectivity index is 1.50. The zero-order valence-corrected chi connectivity index (χ0v) is 12.7. The van der Waals surface area contributed by atoms with Gasteiger partial charge in [0.05, 0.1) is 17.3 Å². The van der Waals surface area contributed by atoms with Crippen molar-refractivity contribution < 1.29 is 4.74 Å². The first kappa shape index (κ1) is 14.2. The minimum Gasteiger partial charge on any atom is -0.381 e. The Bertz CT molecular complexity index is 426. The van der Waals surface area contributed by atoms with Crippen LogP contribution in [-0.4, -0.2) is 50.8 Å². The van der Waals surface area contributed by atoms with Crippen LogP contribution in [0.15, 0.2) is 24.3 Å². The third-order valence-corrected chi connectivity index (χ3v) is 4.66. The number of benzene rings is 1.